The van der Waals surface area contributed by atoms with Gasteiger partial charge in [-0.15, -0.1) is 0 Å². The van der Waals surface area contributed by atoms with Gasteiger partial charge >= 0.3 is 13.1 Å². The highest BCUT2D eigenvalue weighted by molar-refractivity contribution is 8.76. The van der Waals surface area contributed by atoms with Crippen molar-refractivity contribution >= 4 is 73.3 Å². The number of aliphatic hydroxyl groups excluding tert-OH is 1. The maximum Gasteiger partial charge on any atom is 0.407 e. The number of rotatable bonds is 15. The van der Waals surface area contributed by atoms with Crippen molar-refractivity contribution in [2.75, 3.05) is 55.7 Å². The third kappa shape index (κ3) is 9.99. The molecule has 1 saturated heterocycles. The Balaban J connectivity index is 1.57. The van der Waals surface area contributed by atoms with Gasteiger partial charge in [-0.1, -0.05) is 55.0 Å². The minimum absolute atomic E-state index is 0.00819. The molecule has 18 heteroatoms. The third-order valence-electron chi connectivity index (χ3n) is 5.47. The third-order valence-corrected chi connectivity index (χ3v) is 9.31. The molecule has 1 amide bonds. The van der Waals surface area contributed by atoms with Crippen LogP contribution < -0.4 is 21.8 Å². The van der Waals surface area contributed by atoms with Gasteiger partial charge in [0.25, 0.3) is 5.56 Å². The van der Waals surface area contributed by atoms with E-state index in [9.17, 15) is 14.7 Å². The van der Waals surface area contributed by atoms with Crippen LogP contribution in [0, 0.1) is 11.8 Å². The second-order valence-corrected chi connectivity index (χ2v) is 13.5. The predicted octanol–water partition coefficient (Wildman–Crippen LogP) is 1.10. The SMILES string of the molecule is CSSCO[C@@H]1C[C@H](n2cc(C#CCNC(=O)OCCSSCCNB(C)O)c3c(=O)[nH]c(N)nc32)O[C@@H]1CO. The van der Waals surface area contributed by atoms with E-state index in [2.05, 4.69) is 32.4 Å². The molecule has 0 unspecified atom stereocenters. The van der Waals surface area contributed by atoms with E-state index in [4.69, 9.17) is 25.0 Å². The summed E-state index contributed by atoms with van der Waals surface area (Å²) in [5.41, 5.74) is 6.05. The fourth-order valence-electron chi connectivity index (χ4n) is 3.76. The fraction of sp³-hybridized carbons (Fsp3) is 0.591. The van der Waals surface area contributed by atoms with Crippen molar-refractivity contribution in [3.8, 4) is 11.8 Å². The van der Waals surface area contributed by atoms with E-state index in [1.807, 2.05) is 6.26 Å². The molecule has 220 valence electrons. The first-order valence-electron chi connectivity index (χ1n) is 12.3. The molecule has 0 spiro atoms. The standard InChI is InChI=1S/C22H33BN6O7S4/c1-23(33)26-6-8-38-39-9-7-34-22(32)25-5-3-4-14-11-29(19-18(14)20(31)28-21(24)27-19)17-10-15(16(12-30)36-17)35-13-40-37-2/h11,15-17,26,30,33H,5-10,12-13H2,1-2H3,(H,25,32)(H3,24,27,28,31)/t15-,16-,17-/m1/s1. The Bertz CT molecular complexity index is 1220. The monoisotopic (exact) mass is 632 g/mol. The molecular weight excluding hydrogens is 599 g/mol. The lowest BCUT2D eigenvalue weighted by atomic mass is 9.89. The molecule has 3 heterocycles. The summed E-state index contributed by atoms with van der Waals surface area (Å²) in [5.74, 6) is 7.59. The van der Waals surface area contributed by atoms with E-state index in [0.717, 1.165) is 5.75 Å². The number of anilines is 1. The number of nitrogens with two attached hydrogens (primary N) is 1. The Morgan fingerprint density at radius 2 is 2.20 bits per heavy atom. The van der Waals surface area contributed by atoms with Gasteiger partial charge in [-0.25, -0.2) is 4.79 Å². The van der Waals surface area contributed by atoms with Crippen LogP contribution in [0.25, 0.3) is 11.0 Å². The Labute approximate surface area is 248 Å². The van der Waals surface area contributed by atoms with E-state index >= 15 is 0 Å². The highest BCUT2D eigenvalue weighted by Crippen LogP contribution is 2.34. The average Bonchev–Trinajstić information content (AvgIpc) is 3.49. The Hall–Kier alpha value is -1.69. The molecule has 0 radical (unpaired) electrons. The molecule has 3 rings (SSSR count). The van der Waals surface area contributed by atoms with Crippen molar-refractivity contribution in [1.82, 2.24) is 25.1 Å². The van der Waals surface area contributed by atoms with E-state index in [1.165, 1.54) is 0 Å². The highest BCUT2D eigenvalue weighted by Gasteiger charge is 2.37. The van der Waals surface area contributed by atoms with Gasteiger partial charge in [-0.05, 0) is 19.6 Å². The van der Waals surface area contributed by atoms with Gasteiger partial charge in [0.2, 0.25) is 5.95 Å². The molecule has 3 atom stereocenters. The molecule has 2 aromatic heterocycles. The predicted molar refractivity (Wildman–Crippen MR) is 164 cm³/mol. The summed E-state index contributed by atoms with van der Waals surface area (Å²) < 4.78 is 18.7. The molecule has 13 nitrogen and oxygen atoms in total. The lowest BCUT2D eigenvalue weighted by Gasteiger charge is -2.15. The molecular formula is C22H33BN6O7S4. The smallest absolute Gasteiger partial charge is 0.407 e. The van der Waals surface area contributed by atoms with E-state index in [1.54, 1.807) is 60.8 Å². The van der Waals surface area contributed by atoms with Gasteiger partial charge in [0.15, 0.2) is 5.65 Å². The number of nitrogens with one attached hydrogen (secondary N) is 3. The molecule has 0 aromatic carbocycles. The molecule has 7 N–H and O–H groups in total. The normalized spacial score (nSPS) is 18.4. The van der Waals surface area contributed by atoms with Crippen LogP contribution in [0.15, 0.2) is 11.0 Å². The first-order chi connectivity index (χ1) is 19.3. The average molecular weight is 633 g/mol. The first-order valence-corrected chi connectivity index (χ1v) is 17.5. The molecule has 2 aromatic rings. The summed E-state index contributed by atoms with van der Waals surface area (Å²) in [7, 11) is 5.79. The summed E-state index contributed by atoms with van der Waals surface area (Å²) in [6.07, 6.45) is 2.04. The Morgan fingerprint density at radius 1 is 1.40 bits per heavy atom. The molecule has 1 aliphatic heterocycles. The van der Waals surface area contributed by atoms with Crippen LogP contribution in [0.1, 0.15) is 18.2 Å². The number of aromatic nitrogens is 3. The Morgan fingerprint density at radius 3 is 2.95 bits per heavy atom. The van der Waals surface area contributed by atoms with Crippen molar-refractivity contribution in [2.45, 2.75) is 31.7 Å². The molecule has 0 aliphatic carbocycles. The van der Waals surface area contributed by atoms with Crippen LogP contribution in [0.4, 0.5) is 10.7 Å². The van der Waals surface area contributed by atoms with E-state index in [0.29, 0.717) is 35.9 Å². The number of H-pyrrole nitrogens is 1. The number of aromatic amines is 1. The number of hydrogen-bond acceptors (Lipinski definition) is 14. The molecule has 0 saturated carbocycles. The van der Waals surface area contributed by atoms with Crippen LogP contribution in [-0.4, -0.2) is 100 Å². The van der Waals surface area contributed by atoms with E-state index < -0.39 is 31.0 Å². The van der Waals surface area contributed by atoms with Crippen molar-refractivity contribution in [3.05, 3.63) is 22.1 Å². The number of carbonyl (C=O) groups is 1. The maximum absolute atomic E-state index is 12.7. The van der Waals surface area contributed by atoms with Crippen molar-refractivity contribution < 1.29 is 29.1 Å². The maximum atomic E-state index is 12.7. The van der Waals surface area contributed by atoms with Gasteiger partial charge in [-0.3, -0.25) is 9.78 Å². The van der Waals surface area contributed by atoms with Crippen molar-refractivity contribution in [2.24, 2.45) is 0 Å². The topological polar surface area (TPSA) is 186 Å². The summed E-state index contributed by atoms with van der Waals surface area (Å²) in [6.45, 7) is 2.39. The van der Waals surface area contributed by atoms with Gasteiger partial charge in [0.1, 0.15) is 24.9 Å². The van der Waals surface area contributed by atoms with Gasteiger partial charge in [-0.2, -0.15) is 4.98 Å². The number of carbonyl (C=O) groups excluding carboxylic acids is 1. The number of nitrogens with zero attached hydrogens (tertiary/aromatic N) is 2. The van der Waals surface area contributed by atoms with Crippen LogP contribution >= 0.6 is 43.2 Å². The van der Waals surface area contributed by atoms with Crippen LogP contribution in [-0.2, 0) is 14.2 Å². The second-order valence-electron chi connectivity index (χ2n) is 8.32. The highest BCUT2D eigenvalue weighted by atomic mass is 33.1. The zero-order valence-electron chi connectivity index (χ0n) is 22.1. The van der Waals surface area contributed by atoms with Crippen LogP contribution in [0.5, 0.6) is 0 Å². The number of ether oxygens (including phenoxy) is 3. The van der Waals surface area contributed by atoms with Crippen LogP contribution in [0.3, 0.4) is 0 Å². The zero-order valence-corrected chi connectivity index (χ0v) is 25.4. The van der Waals surface area contributed by atoms with Gasteiger partial charge < -0.3 is 45.2 Å². The van der Waals surface area contributed by atoms with Crippen molar-refractivity contribution in [1.29, 1.82) is 0 Å². The minimum Gasteiger partial charge on any atom is -0.449 e. The lowest BCUT2D eigenvalue weighted by molar-refractivity contribution is -0.0531. The van der Waals surface area contributed by atoms with Gasteiger partial charge in [0, 0.05) is 24.1 Å². The zero-order chi connectivity index (χ0) is 28.9. The number of aliphatic hydroxyl groups is 1. The lowest BCUT2D eigenvalue weighted by Crippen LogP contribution is -2.32. The molecule has 40 heavy (non-hydrogen) atoms. The minimum atomic E-state index is -0.592. The number of alkyl carbamates (subject to hydrolysis) is 1. The van der Waals surface area contributed by atoms with E-state index in [-0.39, 0.29) is 37.2 Å². The summed E-state index contributed by atoms with van der Waals surface area (Å²) >= 11 is 0. The summed E-state index contributed by atoms with van der Waals surface area (Å²) in [6, 6.07) is 0. The largest absolute Gasteiger partial charge is 0.449 e. The summed E-state index contributed by atoms with van der Waals surface area (Å²) in [4.78, 5) is 31.5. The molecule has 1 fully saturated rings. The Kier molecular flexibility index (Phi) is 14.2. The van der Waals surface area contributed by atoms with Gasteiger partial charge in [0.05, 0.1) is 30.2 Å². The summed E-state index contributed by atoms with van der Waals surface area (Å²) in [5, 5.41) is 24.6. The number of hydrogen-bond donors (Lipinski definition) is 6. The fourth-order valence-corrected chi connectivity index (χ4v) is 6.29. The molecule has 1 aliphatic rings. The number of fused-ring (bicyclic) bond motifs is 1. The van der Waals surface area contributed by atoms with Crippen molar-refractivity contribution in [3.63, 3.8) is 0 Å². The quantitative estimate of drug-likeness (QED) is 0.0539. The van der Waals surface area contributed by atoms with Crippen LogP contribution in [0.2, 0.25) is 6.82 Å². The number of nitrogen functional groups attached to an aromatic ring is 1. The second kappa shape index (κ2) is 17.3. The molecule has 0 bridgehead atoms. The first kappa shape index (κ1) is 32.8. The number of amides is 1.